The molecule has 36 heavy (non-hydrogen) atoms. The van der Waals surface area contributed by atoms with E-state index < -0.39 is 7.14 Å². The van der Waals surface area contributed by atoms with Crippen LogP contribution in [-0.4, -0.2) is 44.2 Å². The highest BCUT2D eigenvalue weighted by atomic mass is 35.5. The van der Waals surface area contributed by atoms with Crippen molar-refractivity contribution >= 4 is 7.14 Å². The first kappa shape index (κ1) is 38.6. The van der Waals surface area contributed by atoms with Gasteiger partial charge in [0.1, 0.15) is 13.4 Å². The van der Waals surface area contributed by atoms with Gasteiger partial charge in [-0.15, -0.1) is 0 Å². The van der Waals surface area contributed by atoms with Gasteiger partial charge in [0.05, 0.1) is 21.1 Å². The van der Waals surface area contributed by atoms with Crippen LogP contribution in [0.25, 0.3) is 0 Å². The molecular weight excluding hydrogens is 481 g/mol. The summed E-state index contributed by atoms with van der Waals surface area (Å²) in [4.78, 5) is 0. The second-order valence-electron chi connectivity index (χ2n) is 12.7. The van der Waals surface area contributed by atoms with E-state index in [-0.39, 0.29) is 12.4 Å². The Morgan fingerprint density at radius 1 is 0.417 bits per heavy atom. The largest absolute Gasteiger partial charge is 1.00 e. The van der Waals surface area contributed by atoms with Gasteiger partial charge in [-0.2, -0.15) is 0 Å². The first-order valence-corrected chi connectivity index (χ1v) is 18.5. The molecule has 0 saturated heterocycles. The van der Waals surface area contributed by atoms with Crippen molar-refractivity contribution < 1.29 is 21.5 Å². The van der Waals surface area contributed by atoms with Crippen molar-refractivity contribution in [3.8, 4) is 0 Å². The molecule has 0 spiro atoms. The fourth-order valence-electron chi connectivity index (χ4n) is 5.51. The minimum absolute atomic E-state index is 0. The van der Waals surface area contributed by atoms with E-state index in [9.17, 15) is 4.57 Å². The van der Waals surface area contributed by atoms with Crippen LogP contribution in [0.5, 0.6) is 0 Å². The van der Waals surface area contributed by atoms with E-state index in [0.29, 0.717) is 0 Å². The van der Waals surface area contributed by atoms with Crippen molar-refractivity contribution in [2.75, 3.05) is 39.8 Å². The first-order valence-electron chi connectivity index (χ1n) is 16.2. The fraction of sp³-hybridized carbons (Fsp3) is 1.00. The number of rotatable bonds is 28. The van der Waals surface area contributed by atoms with Crippen LogP contribution < -0.4 is 12.4 Å². The standard InChI is InChI=1S/C32H69NOP.ClH/c1-6-8-10-12-14-16-18-20-22-24-26-28-30-35(34,32-33(3,4)5)31-29-27-25-23-21-19-17-15-13-11-9-7-2;/h6-32H2,1-5H3;1H/q+1;/p-1. The van der Waals surface area contributed by atoms with E-state index in [1.807, 2.05) is 0 Å². The summed E-state index contributed by atoms with van der Waals surface area (Å²) in [7, 11) is 4.63. The van der Waals surface area contributed by atoms with Crippen molar-refractivity contribution in [1.29, 1.82) is 0 Å². The second-order valence-corrected chi connectivity index (χ2v) is 16.0. The number of unbranched alkanes of at least 4 members (excludes halogenated alkanes) is 22. The molecule has 0 saturated carbocycles. The molecule has 0 rings (SSSR count). The van der Waals surface area contributed by atoms with Crippen molar-refractivity contribution in [2.45, 2.75) is 168 Å². The third-order valence-corrected chi connectivity index (χ3v) is 11.1. The second kappa shape index (κ2) is 27.1. The Hall–Kier alpha value is 0.480. The van der Waals surface area contributed by atoms with Gasteiger partial charge in [0, 0.05) is 12.3 Å². The Morgan fingerprint density at radius 2 is 0.639 bits per heavy atom. The van der Waals surface area contributed by atoms with Crippen LogP contribution in [0.2, 0.25) is 0 Å². The SMILES string of the molecule is CCCCCCCCCCCCCCP(=O)(CCCCCCCCCCCCCC)C[N+](C)(C)C.[Cl-]. The summed E-state index contributed by atoms with van der Waals surface area (Å²) in [6.45, 7) is 4.58. The molecule has 4 heteroatoms. The van der Waals surface area contributed by atoms with E-state index in [0.717, 1.165) is 23.1 Å². The van der Waals surface area contributed by atoms with Gasteiger partial charge in [-0.05, 0) is 12.8 Å². The molecule has 0 unspecified atom stereocenters. The summed E-state index contributed by atoms with van der Waals surface area (Å²) < 4.78 is 14.6. The quantitative estimate of drug-likeness (QED) is 0.0543. The molecule has 0 aliphatic carbocycles. The smallest absolute Gasteiger partial charge is 0.140 e. The van der Waals surface area contributed by atoms with Crippen LogP contribution in [0.4, 0.5) is 0 Å². The predicted molar refractivity (Wildman–Crippen MR) is 162 cm³/mol. The van der Waals surface area contributed by atoms with E-state index in [2.05, 4.69) is 35.0 Å². The number of quaternary nitrogens is 1. The van der Waals surface area contributed by atoms with E-state index in [4.69, 9.17) is 0 Å². The van der Waals surface area contributed by atoms with Crippen LogP contribution in [0.1, 0.15) is 168 Å². The molecule has 0 fully saturated rings. The molecule has 0 aliphatic heterocycles. The Bertz CT molecular complexity index is 445. The normalized spacial score (nSPS) is 12.1. The highest BCUT2D eigenvalue weighted by molar-refractivity contribution is 7.63. The molecule has 0 atom stereocenters. The number of hydrogen-bond acceptors (Lipinski definition) is 1. The average molecular weight is 550 g/mol. The third-order valence-electron chi connectivity index (χ3n) is 7.52. The van der Waals surface area contributed by atoms with Gasteiger partial charge in [-0.25, -0.2) is 0 Å². The molecule has 0 bridgehead atoms. The van der Waals surface area contributed by atoms with Crippen LogP contribution in [0.15, 0.2) is 0 Å². The maximum absolute atomic E-state index is 13.8. The van der Waals surface area contributed by atoms with E-state index in [1.54, 1.807) is 0 Å². The monoisotopic (exact) mass is 549 g/mol. The lowest BCUT2D eigenvalue weighted by Gasteiger charge is -2.29. The molecule has 0 radical (unpaired) electrons. The third kappa shape index (κ3) is 29.0. The minimum Gasteiger partial charge on any atom is -1.00 e. The zero-order valence-corrected chi connectivity index (χ0v) is 27.4. The Morgan fingerprint density at radius 3 is 0.861 bits per heavy atom. The van der Waals surface area contributed by atoms with Crippen molar-refractivity contribution in [3.05, 3.63) is 0 Å². The van der Waals surface area contributed by atoms with Gasteiger partial charge in [-0.1, -0.05) is 155 Å². The summed E-state index contributed by atoms with van der Waals surface area (Å²) >= 11 is 0. The maximum Gasteiger partial charge on any atom is 0.140 e. The summed E-state index contributed by atoms with van der Waals surface area (Å²) in [6.07, 6.45) is 36.0. The van der Waals surface area contributed by atoms with Crippen LogP contribution in [0, 0.1) is 0 Å². The molecule has 220 valence electrons. The van der Waals surface area contributed by atoms with Crippen LogP contribution >= 0.6 is 7.14 Å². The Labute approximate surface area is 235 Å². The van der Waals surface area contributed by atoms with Gasteiger partial charge in [0.15, 0.2) is 0 Å². The van der Waals surface area contributed by atoms with Gasteiger partial charge in [-0.3, -0.25) is 0 Å². The van der Waals surface area contributed by atoms with E-state index >= 15 is 0 Å². The lowest BCUT2D eigenvalue weighted by Crippen LogP contribution is -3.00. The predicted octanol–water partition coefficient (Wildman–Crippen LogP) is 8.42. The summed E-state index contributed by atoms with van der Waals surface area (Å²) in [6, 6.07) is 0. The molecule has 0 N–H and O–H groups in total. The zero-order valence-electron chi connectivity index (χ0n) is 25.8. The van der Waals surface area contributed by atoms with Crippen molar-refractivity contribution in [3.63, 3.8) is 0 Å². The van der Waals surface area contributed by atoms with Crippen molar-refractivity contribution in [1.82, 2.24) is 0 Å². The molecular formula is C32H69ClNOP. The lowest BCUT2D eigenvalue weighted by atomic mass is 10.1. The maximum atomic E-state index is 13.8. The highest BCUT2D eigenvalue weighted by Gasteiger charge is 2.28. The molecule has 0 heterocycles. The first-order chi connectivity index (χ1) is 16.8. The number of halogens is 1. The summed E-state index contributed by atoms with van der Waals surface area (Å²) in [5, 5.41) is 0. The zero-order chi connectivity index (χ0) is 26.1. The summed E-state index contributed by atoms with van der Waals surface area (Å²) in [5.41, 5.74) is 0. The number of nitrogens with zero attached hydrogens (tertiary/aromatic N) is 1. The van der Waals surface area contributed by atoms with E-state index in [1.165, 1.54) is 154 Å². The molecule has 0 aromatic carbocycles. The lowest BCUT2D eigenvalue weighted by molar-refractivity contribution is -0.858. The average Bonchev–Trinajstić information content (AvgIpc) is 2.79. The summed E-state index contributed by atoms with van der Waals surface area (Å²) in [5.74, 6) is 0. The van der Waals surface area contributed by atoms with Gasteiger partial charge in [0.2, 0.25) is 0 Å². The molecule has 0 amide bonds. The highest BCUT2D eigenvalue weighted by Crippen LogP contribution is 2.48. The number of hydrogen-bond donors (Lipinski definition) is 0. The molecule has 0 aliphatic rings. The van der Waals surface area contributed by atoms with Crippen LogP contribution in [0.3, 0.4) is 0 Å². The van der Waals surface area contributed by atoms with Gasteiger partial charge >= 0.3 is 0 Å². The molecule has 0 aromatic heterocycles. The Balaban J connectivity index is 0. The van der Waals surface area contributed by atoms with Crippen LogP contribution in [-0.2, 0) is 4.57 Å². The molecule has 2 nitrogen and oxygen atoms in total. The topological polar surface area (TPSA) is 17.1 Å². The minimum atomic E-state index is -2.03. The van der Waals surface area contributed by atoms with Gasteiger partial charge in [0.25, 0.3) is 0 Å². The molecule has 0 aromatic rings. The van der Waals surface area contributed by atoms with Crippen molar-refractivity contribution in [2.24, 2.45) is 0 Å². The Kier molecular flexibility index (Phi) is 29.0. The van der Waals surface area contributed by atoms with Gasteiger partial charge < -0.3 is 21.5 Å². The fourth-order valence-corrected chi connectivity index (χ4v) is 9.16.